The third-order valence-corrected chi connectivity index (χ3v) is 3.88. The Hall–Kier alpha value is -1.52. The van der Waals surface area contributed by atoms with Crippen molar-refractivity contribution in [2.75, 3.05) is 20.3 Å². The van der Waals surface area contributed by atoms with Crippen LogP contribution in [-0.4, -0.2) is 25.4 Å². The van der Waals surface area contributed by atoms with Crippen LogP contribution >= 0.6 is 15.9 Å². The Kier molecular flexibility index (Phi) is 6.08. The Morgan fingerprint density at radius 1 is 1.05 bits per heavy atom. The van der Waals surface area contributed by atoms with E-state index < -0.39 is 0 Å². The molecule has 0 aliphatic carbocycles. The van der Waals surface area contributed by atoms with Crippen molar-refractivity contribution in [1.29, 1.82) is 0 Å². The average molecular weight is 351 g/mol. The summed E-state index contributed by atoms with van der Waals surface area (Å²) in [4.78, 5) is 0. The van der Waals surface area contributed by atoms with Gasteiger partial charge < -0.3 is 14.6 Å². The molecule has 0 spiro atoms. The molecule has 0 saturated heterocycles. The summed E-state index contributed by atoms with van der Waals surface area (Å²) >= 11 is 3.41. The molecule has 0 aromatic heterocycles. The first-order chi connectivity index (χ1) is 10.2. The lowest BCUT2D eigenvalue weighted by Gasteiger charge is -2.16. The molecule has 4 heteroatoms. The van der Waals surface area contributed by atoms with Crippen molar-refractivity contribution in [3.8, 4) is 11.5 Å². The van der Waals surface area contributed by atoms with E-state index >= 15 is 0 Å². The van der Waals surface area contributed by atoms with Gasteiger partial charge in [0.2, 0.25) is 0 Å². The number of para-hydroxylation sites is 2. The first-order valence-electron chi connectivity index (χ1n) is 6.86. The zero-order valence-corrected chi connectivity index (χ0v) is 13.5. The highest BCUT2D eigenvalue weighted by Gasteiger charge is 2.11. The highest BCUT2D eigenvalue weighted by Crippen LogP contribution is 2.27. The average Bonchev–Trinajstić information content (AvgIpc) is 2.53. The highest BCUT2D eigenvalue weighted by molar-refractivity contribution is 9.10. The minimum atomic E-state index is 0.0767. The van der Waals surface area contributed by atoms with E-state index in [2.05, 4.69) is 15.9 Å². The van der Waals surface area contributed by atoms with Crippen molar-refractivity contribution in [2.45, 2.75) is 12.3 Å². The Balaban J connectivity index is 1.93. The van der Waals surface area contributed by atoms with Crippen molar-refractivity contribution < 1.29 is 14.6 Å². The van der Waals surface area contributed by atoms with Gasteiger partial charge in [-0.2, -0.15) is 0 Å². The molecule has 2 aromatic carbocycles. The van der Waals surface area contributed by atoms with Gasteiger partial charge in [-0.05, 0) is 36.2 Å². The Morgan fingerprint density at radius 3 is 2.33 bits per heavy atom. The van der Waals surface area contributed by atoms with Gasteiger partial charge in [-0.15, -0.1) is 0 Å². The summed E-state index contributed by atoms with van der Waals surface area (Å²) in [5, 5.41) is 9.55. The van der Waals surface area contributed by atoms with E-state index in [1.165, 1.54) is 0 Å². The topological polar surface area (TPSA) is 38.7 Å². The number of ether oxygens (including phenoxy) is 2. The Labute approximate surface area is 133 Å². The molecule has 0 radical (unpaired) electrons. The summed E-state index contributed by atoms with van der Waals surface area (Å²) in [6, 6.07) is 15.6. The third kappa shape index (κ3) is 4.48. The van der Waals surface area contributed by atoms with Gasteiger partial charge in [-0.25, -0.2) is 0 Å². The zero-order chi connectivity index (χ0) is 15.1. The highest BCUT2D eigenvalue weighted by atomic mass is 79.9. The first kappa shape index (κ1) is 15.9. The molecule has 0 bridgehead atoms. The molecule has 1 unspecified atom stereocenters. The predicted octanol–water partition coefficient (Wildman–Crippen LogP) is 4.00. The molecule has 1 atom stereocenters. The third-order valence-electron chi connectivity index (χ3n) is 3.35. The first-order valence-corrected chi connectivity index (χ1v) is 7.66. The number of benzene rings is 2. The molecule has 2 rings (SSSR count). The maximum atomic E-state index is 9.55. The number of aliphatic hydroxyl groups is 1. The van der Waals surface area contributed by atoms with Gasteiger partial charge >= 0.3 is 0 Å². The lowest BCUT2D eigenvalue weighted by molar-refractivity contribution is 0.225. The van der Waals surface area contributed by atoms with Gasteiger partial charge in [0.15, 0.2) is 11.5 Å². The second-order valence-electron chi connectivity index (χ2n) is 4.72. The molecule has 0 amide bonds. The molecule has 0 aliphatic rings. The maximum absolute atomic E-state index is 9.55. The maximum Gasteiger partial charge on any atom is 0.161 e. The largest absolute Gasteiger partial charge is 0.493 e. The summed E-state index contributed by atoms with van der Waals surface area (Å²) < 4.78 is 12.0. The fraction of sp³-hybridized carbons (Fsp3) is 0.294. The van der Waals surface area contributed by atoms with E-state index in [-0.39, 0.29) is 12.5 Å². The normalized spacial score (nSPS) is 12.0. The second-order valence-corrected chi connectivity index (χ2v) is 5.63. The summed E-state index contributed by atoms with van der Waals surface area (Å²) in [6.07, 6.45) is 0.746. The van der Waals surface area contributed by atoms with Crippen LogP contribution in [-0.2, 0) is 0 Å². The molecule has 0 saturated carbocycles. The molecular formula is C17H19BrO3. The minimum Gasteiger partial charge on any atom is -0.493 e. The van der Waals surface area contributed by atoms with Gasteiger partial charge in [0.1, 0.15) is 0 Å². The summed E-state index contributed by atoms with van der Waals surface area (Å²) in [7, 11) is 1.63. The van der Waals surface area contributed by atoms with Gasteiger partial charge in [0, 0.05) is 10.4 Å². The zero-order valence-electron chi connectivity index (χ0n) is 12.0. The fourth-order valence-corrected chi connectivity index (χ4v) is 2.41. The van der Waals surface area contributed by atoms with Crippen LogP contribution < -0.4 is 9.47 Å². The minimum absolute atomic E-state index is 0.0767. The molecule has 21 heavy (non-hydrogen) atoms. The second kappa shape index (κ2) is 8.05. The van der Waals surface area contributed by atoms with Gasteiger partial charge in [-0.3, -0.25) is 0 Å². The Morgan fingerprint density at radius 2 is 1.71 bits per heavy atom. The van der Waals surface area contributed by atoms with E-state index in [4.69, 9.17) is 9.47 Å². The molecule has 3 nitrogen and oxygen atoms in total. The van der Waals surface area contributed by atoms with Gasteiger partial charge in [-0.1, -0.05) is 40.2 Å². The summed E-state index contributed by atoms with van der Waals surface area (Å²) in [5.74, 6) is 1.53. The molecule has 112 valence electrons. The number of hydrogen-bond acceptors (Lipinski definition) is 3. The van der Waals surface area contributed by atoms with Crippen LogP contribution in [0.4, 0.5) is 0 Å². The van der Waals surface area contributed by atoms with Crippen molar-refractivity contribution in [3.05, 3.63) is 58.6 Å². The van der Waals surface area contributed by atoms with Crippen LogP contribution in [0.1, 0.15) is 17.9 Å². The monoisotopic (exact) mass is 350 g/mol. The van der Waals surface area contributed by atoms with Crippen LogP contribution in [0.5, 0.6) is 11.5 Å². The van der Waals surface area contributed by atoms with Crippen molar-refractivity contribution in [2.24, 2.45) is 0 Å². The molecule has 0 fully saturated rings. The van der Waals surface area contributed by atoms with Crippen molar-refractivity contribution in [3.63, 3.8) is 0 Å². The van der Waals surface area contributed by atoms with E-state index in [1.54, 1.807) is 7.11 Å². The van der Waals surface area contributed by atoms with Gasteiger partial charge in [0.05, 0.1) is 20.3 Å². The number of halogens is 1. The molecule has 2 aromatic rings. The van der Waals surface area contributed by atoms with E-state index in [1.807, 2.05) is 48.5 Å². The molecule has 0 heterocycles. The summed E-state index contributed by atoms with van der Waals surface area (Å²) in [5.41, 5.74) is 1.12. The van der Waals surface area contributed by atoms with E-state index in [9.17, 15) is 5.11 Å². The quantitative estimate of drug-likeness (QED) is 0.819. The number of rotatable bonds is 7. The number of hydrogen-bond donors (Lipinski definition) is 1. The number of aliphatic hydroxyl groups excluding tert-OH is 1. The fourth-order valence-electron chi connectivity index (χ4n) is 2.15. The lowest BCUT2D eigenvalue weighted by Crippen LogP contribution is -2.10. The smallest absolute Gasteiger partial charge is 0.161 e. The summed E-state index contributed by atoms with van der Waals surface area (Å²) in [6.45, 7) is 0.637. The molecular weight excluding hydrogens is 332 g/mol. The van der Waals surface area contributed by atoms with E-state index in [0.717, 1.165) is 28.0 Å². The van der Waals surface area contributed by atoms with Crippen molar-refractivity contribution >= 4 is 15.9 Å². The predicted molar refractivity (Wildman–Crippen MR) is 87.1 cm³/mol. The van der Waals surface area contributed by atoms with Gasteiger partial charge in [0.25, 0.3) is 0 Å². The molecule has 1 N–H and O–H groups in total. The number of methoxy groups -OCH3 is 1. The molecule has 0 aliphatic heterocycles. The van der Waals surface area contributed by atoms with Crippen LogP contribution in [0.25, 0.3) is 0 Å². The van der Waals surface area contributed by atoms with Crippen LogP contribution in [0.2, 0.25) is 0 Å². The SMILES string of the molecule is COc1ccccc1OCCC(CO)c1ccc(Br)cc1. The van der Waals surface area contributed by atoms with E-state index in [0.29, 0.717) is 6.61 Å². The van der Waals surface area contributed by atoms with Crippen LogP contribution in [0, 0.1) is 0 Å². The van der Waals surface area contributed by atoms with Crippen molar-refractivity contribution in [1.82, 2.24) is 0 Å². The van der Waals surface area contributed by atoms with Crippen LogP contribution in [0.3, 0.4) is 0 Å². The Bertz CT molecular complexity index is 554. The van der Waals surface area contributed by atoms with Crippen LogP contribution in [0.15, 0.2) is 53.0 Å². The standard InChI is InChI=1S/C17H19BrO3/c1-20-16-4-2-3-5-17(16)21-11-10-14(12-19)13-6-8-15(18)9-7-13/h2-9,14,19H,10-12H2,1H3. The lowest BCUT2D eigenvalue weighted by atomic mass is 9.97.